The molecule has 0 aliphatic carbocycles. The molecule has 30 heavy (non-hydrogen) atoms. The number of fused-ring (bicyclic) bond motifs is 1. The largest absolute Gasteiger partial charge is 0.497 e. The maximum atomic E-state index is 12.6. The highest BCUT2D eigenvalue weighted by Gasteiger charge is 2.33. The van der Waals surface area contributed by atoms with Crippen molar-refractivity contribution in [1.29, 1.82) is 0 Å². The number of carbonyl (C=O) groups is 1. The molecule has 1 aromatic heterocycles. The van der Waals surface area contributed by atoms with Gasteiger partial charge >= 0.3 is 0 Å². The topological polar surface area (TPSA) is 66.0 Å². The Kier molecular flexibility index (Phi) is 5.55. The van der Waals surface area contributed by atoms with Crippen LogP contribution >= 0.6 is 11.3 Å². The van der Waals surface area contributed by atoms with E-state index < -0.39 is 0 Å². The third-order valence-corrected chi connectivity index (χ3v) is 6.40. The van der Waals surface area contributed by atoms with Gasteiger partial charge in [-0.1, -0.05) is 12.1 Å². The van der Waals surface area contributed by atoms with Crippen molar-refractivity contribution in [2.75, 3.05) is 33.8 Å². The molecular formula is C23H23NO5S. The van der Waals surface area contributed by atoms with Crippen molar-refractivity contribution in [3.63, 3.8) is 0 Å². The molecule has 1 aliphatic rings. The number of thiophene rings is 1. The maximum Gasteiger partial charge on any atom is 0.225 e. The third kappa shape index (κ3) is 3.45. The lowest BCUT2D eigenvalue weighted by molar-refractivity contribution is -0.116. The van der Waals surface area contributed by atoms with Gasteiger partial charge in [-0.3, -0.25) is 4.79 Å². The lowest BCUT2D eigenvalue weighted by atomic mass is 9.88. The zero-order valence-electron chi connectivity index (χ0n) is 17.3. The first-order valence-corrected chi connectivity index (χ1v) is 10.3. The lowest BCUT2D eigenvalue weighted by Gasteiger charge is -2.26. The van der Waals surface area contributed by atoms with Gasteiger partial charge in [0.2, 0.25) is 5.91 Å². The first-order valence-electron chi connectivity index (χ1n) is 9.45. The molecule has 2 aromatic carbocycles. The number of hydrogen-bond donors (Lipinski definition) is 1. The number of anilines is 1. The van der Waals surface area contributed by atoms with Crippen LogP contribution in [0, 0.1) is 0 Å². The second-order valence-corrected chi connectivity index (χ2v) is 7.78. The smallest absolute Gasteiger partial charge is 0.225 e. The van der Waals surface area contributed by atoms with Gasteiger partial charge in [0.15, 0.2) is 11.5 Å². The Morgan fingerprint density at radius 3 is 2.20 bits per heavy atom. The van der Waals surface area contributed by atoms with Gasteiger partial charge in [-0.2, -0.15) is 0 Å². The molecule has 0 saturated heterocycles. The molecule has 3 aromatic rings. The summed E-state index contributed by atoms with van der Waals surface area (Å²) in [5.74, 6) is 2.48. The molecule has 156 valence electrons. The minimum atomic E-state index is -0.138. The Morgan fingerprint density at radius 2 is 1.57 bits per heavy atom. The Hall–Kier alpha value is -3.19. The number of methoxy groups -OCH3 is 4. The van der Waals surface area contributed by atoms with Crippen LogP contribution in [0.15, 0.2) is 41.8 Å². The summed E-state index contributed by atoms with van der Waals surface area (Å²) in [5, 5.41) is 5.15. The van der Waals surface area contributed by atoms with E-state index in [0.29, 0.717) is 23.7 Å². The molecule has 0 radical (unpaired) electrons. The molecule has 1 unspecified atom stereocenters. The summed E-state index contributed by atoms with van der Waals surface area (Å²) in [4.78, 5) is 13.7. The summed E-state index contributed by atoms with van der Waals surface area (Å²) >= 11 is 1.63. The molecule has 0 fully saturated rings. The highest BCUT2D eigenvalue weighted by atomic mass is 32.1. The summed E-state index contributed by atoms with van der Waals surface area (Å²) in [6.07, 6.45) is 0.335. The molecule has 1 aliphatic heterocycles. The first kappa shape index (κ1) is 20.1. The maximum absolute atomic E-state index is 12.6. The van der Waals surface area contributed by atoms with E-state index >= 15 is 0 Å². The van der Waals surface area contributed by atoms with Crippen molar-refractivity contribution < 1.29 is 23.7 Å². The van der Waals surface area contributed by atoms with E-state index in [-0.39, 0.29) is 11.8 Å². The standard InChI is InChI=1S/C23H23NO5S/c1-26-14-7-5-13(6-8-14)17-12-30-23-16(10-21(25)24-22(17)23)15-9-19(28-3)20(29-4)11-18(15)27-2/h5-9,11-12,16H,10H2,1-4H3,(H,24,25). The van der Waals surface area contributed by atoms with Crippen LogP contribution in [0.1, 0.15) is 22.8 Å². The fourth-order valence-electron chi connectivity index (χ4n) is 3.79. The molecule has 0 saturated carbocycles. The second kappa shape index (κ2) is 8.28. The second-order valence-electron chi connectivity index (χ2n) is 6.87. The predicted molar refractivity (Wildman–Crippen MR) is 117 cm³/mol. The van der Waals surface area contributed by atoms with Gasteiger partial charge in [-0.25, -0.2) is 0 Å². The fourth-order valence-corrected chi connectivity index (χ4v) is 4.94. The molecular weight excluding hydrogens is 402 g/mol. The Balaban J connectivity index is 1.82. The van der Waals surface area contributed by atoms with Crippen molar-refractivity contribution in [2.24, 2.45) is 0 Å². The van der Waals surface area contributed by atoms with Crippen LogP contribution in [0.5, 0.6) is 23.0 Å². The average Bonchev–Trinajstić information content (AvgIpc) is 3.21. The fraction of sp³-hybridized carbons (Fsp3) is 0.261. The number of carbonyl (C=O) groups excluding carboxylic acids is 1. The van der Waals surface area contributed by atoms with E-state index in [0.717, 1.165) is 33.0 Å². The summed E-state index contributed by atoms with van der Waals surface area (Å²) in [5.41, 5.74) is 3.77. The molecule has 1 atom stereocenters. The van der Waals surface area contributed by atoms with Crippen LogP contribution in [-0.2, 0) is 4.79 Å². The van der Waals surface area contributed by atoms with Gasteiger partial charge in [0.1, 0.15) is 11.5 Å². The quantitative estimate of drug-likeness (QED) is 0.607. The van der Waals surface area contributed by atoms with Gasteiger partial charge in [0, 0.05) is 39.8 Å². The van der Waals surface area contributed by atoms with Gasteiger partial charge in [-0.05, 0) is 23.8 Å². The van der Waals surface area contributed by atoms with Crippen LogP contribution in [-0.4, -0.2) is 34.3 Å². The van der Waals surface area contributed by atoms with Crippen molar-refractivity contribution in [1.82, 2.24) is 0 Å². The number of rotatable bonds is 6. The summed E-state index contributed by atoms with van der Waals surface area (Å²) in [7, 11) is 6.44. The normalized spacial score (nSPS) is 15.2. The summed E-state index contributed by atoms with van der Waals surface area (Å²) in [6, 6.07) is 11.5. The van der Waals surface area contributed by atoms with Crippen molar-refractivity contribution in [3.05, 3.63) is 52.2 Å². The van der Waals surface area contributed by atoms with Crippen LogP contribution < -0.4 is 24.3 Å². The number of benzene rings is 2. The van der Waals surface area contributed by atoms with Gasteiger partial charge in [-0.15, -0.1) is 11.3 Å². The molecule has 1 amide bonds. The molecule has 1 N–H and O–H groups in total. The van der Waals surface area contributed by atoms with E-state index in [1.54, 1.807) is 45.8 Å². The summed E-state index contributed by atoms with van der Waals surface area (Å²) in [6.45, 7) is 0. The Morgan fingerprint density at radius 1 is 0.900 bits per heavy atom. The predicted octanol–water partition coefficient (Wildman–Crippen LogP) is 4.92. The Bertz CT molecular complexity index is 1070. The molecule has 0 bridgehead atoms. The first-order chi connectivity index (χ1) is 14.6. The van der Waals surface area contributed by atoms with Crippen LogP contribution in [0.25, 0.3) is 11.1 Å². The van der Waals surface area contributed by atoms with Gasteiger partial charge in [0.25, 0.3) is 0 Å². The van der Waals surface area contributed by atoms with E-state index in [1.165, 1.54) is 0 Å². The number of hydrogen-bond acceptors (Lipinski definition) is 6. The highest BCUT2D eigenvalue weighted by Crippen LogP contribution is 2.50. The Labute approximate surface area is 179 Å². The van der Waals surface area contributed by atoms with Crippen molar-refractivity contribution in [2.45, 2.75) is 12.3 Å². The van der Waals surface area contributed by atoms with Crippen molar-refractivity contribution >= 4 is 22.9 Å². The molecule has 4 rings (SSSR count). The van der Waals surface area contributed by atoms with Crippen LogP contribution in [0.3, 0.4) is 0 Å². The number of ether oxygens (including phenoxy) is 4. The molecule has 2 heterocycles. The zero-order valence-corrected chi connectivity index (χ0v) is 18.1. The van der Waals surface area contributed by atoms with Crippen LogP contribution in [0.4, 0.5) is 5.69 Å². The monoisotopic (exact) mass is 425 g/mol. The number of amides is 1. The van der Waals surface area contributed by atoms with E-state index in [1.807, 2.05) is 30.3 Å². The molecule has 7 heteroatoms. The average molecular weight is 426 g/mol. The molecule has 0 spiro atoms. The lowest BCUT2D eigenvalue weighted by Crippen LogP contribution is -2.22. The van der Waals surface area contributed by atoms with Gasteiger partial charge < -0.3 is 24.3 Å². The minimum absolute atomic E-state index is 0.0301. The van der Waals surface area contributed by atoms with E-state index in [9.17, 15) is 4.79 Å². The third-order valence-electron chi connectivity index (χ3n) is 5.30. The van der Waals surface area contributed by atoms with Crippen LogP contribution in [0.2, 0.25) is 0 Å². The molecule has 6 nitrogen and oxygen atoms in total. The van der Waals surface area contributed by atoms with E-state index in [2.05, 4.69) is 10.7 Å². The highest BCUT2D eigenvalue weighted by molar-refractivity contribution is 7.11. The zero-order chi connectivity index (χ0) is 21.3. The van der Waals surface area contributed by atoms with Gasteiger partial charge in [0.05, 0.1) is 34.1 Å². The number of nitrogens with one attached hydrogen (secondary N) is 1. The SMILES string of the molecule is COc1ccc(-c2csc3c2NC(=O)CC3c2cc(OC)c(OC)cc2OC)cc1. The van der Waals surface area contributed by atoms with Crippen molar-refractivity contribution in [3.8, 4) is 34.1 Å². The minimum Gasteiger partial charge on any atom is -0.497 e. The summed E-state index contributed by atoms with van der Waals surface area (Å²) < 4.78 is 21.8. The van der Waals surface area contributed by atoms with E-state index in [4.69, 9.17) is 18.9 Å².